The number of aliphatic hydroxyl groups is 4. The van der Waals surface area contributed by atoms with Crippen LogP contribution in [0, 0.1) is 17.3 Å². The van der Waals surface area contributed by atoms with E-state index in [0.717, 1.165) is 0 Å². The number of hydrogen-bond acceptors (Lipinski definition) is 7. The first-order valence-electron chi connectivity index (χ1n) is 9.21. The quantitative estimate of drug-likeness (QED) is 0.516. The van der Waals surface area contributed by atoms with Crippen LogP contribution in [-0.2, 0) is 14.3 Å². The number of aliphatic hydroxyl groups excluding tert-OH is 4. The molecule has 0 bridgehead atoms. The van der Waals surface area contributed by atoms with Crippen LogP contribution < -0.4 is 0 Å². The first-order chi connectivity index (χ1) is 12.1. The Morgan fingerprint density at radius 2 is 1.88 bits per heavy atom. The van der Waals surface area contributed by atoms with Gasteiger partial charge in [0.25, 0.3) is 0 Å². The summed E-state index contributed by atoms with van der Waals surface area (Å²) in [5.74, 6) is 0.498. The number of allylic oxidation sites excluding steroid dienone is 2. The summed E-state index contributed by atoms with van der Waals surface area (Å²) in [5, 5.41) is 39.2. The number of carbonyl (C=O) groups is 1. The molecule has 2 aliphatic rings. The van der Waals surface area contributed by atoms with E-state index < -0.39 is 37.3 Å². The highest BCUT2D eigenvalue weighted by atomic mass is 16.7. The lowest BCUT2D eigenvalue weighted by atomic mass is 9.63. The van der Waals surface area contributed by atoms with Crippen molar-refractivity contribution in [3.8, 4) is 0 Å². The Balaban J connectivity index is 2.06. The summed E-state index contributed by atoms with van der Waals surface area (Å²) in [6, 6.07) is 0. The third kappa shape index (κ3) is 4.71. The molecule has 4 N–H and O–H groups in total. The van der Waals surface area contributed by atoms with Gasteiger partial charge in [-0.2, -0.15) is 0 Å². The molecule has 1 heterocycles. The second-order valence-electron chi connectivity index (χ2n) is 8.36. The van der Waals surface area contributed by atoms with Crippen LogP contribution >= 0.6 is 0 Å². The van der Waals surface area contributed by atoms with Gasteiger partial charge in [0, 0.05) is 0 Å². The van der Waals surface area contributed by atoms with Crippen LogP contribution in [-0.4, -0.2) is 69.6 Å². The van der Waals surface area contributed by atoms with Crippen molar-refractivity contribution < 1.29 is 34.7 Å². The number of carbonyl (C=O) groups excluding carboxylic acids is 1. The summed E-state index contributed by atoms with van der Waals surface area (Å²) >= 11 is 0. The highest BCUT2D eigenvalue weighted by Gasteiger charge is 2.47. The van der Waals surface area contributed by atoms with Crippen molar-refractivity contribution in [2.24, 2.45) is 17.3 Å². The minimum absolute atomic E-state index is 0.0210. The monoisotopic (exact) mass is 372 g/mol. The maximum atomic E-state index is 11.3. The first-order valence-corrected chi connectivity index (χ1v) is 9.21. The summed E-state index contributed by atoms with van der Waals surface area (Å²) in [6.45, 7) is 7.37. The van der Waals surface area contributed by atoms with Crippen LogP contribution in [0.1, 0.15) is 40.5 Å². The highest BCUT2D eigenvalue weighted by Crippen LogP contribution is 2.46. The number of hydrogen-bond donors (Lipinski definition) is 4. The molecule has 26 heavy (non-hydrogen) atoms. The minimum Gasteiger partial charge on any atom is -0.394 e. The first kappa shape index (κ1) is 21.5. The van der Waals surface area contributed by atoms with E-state index in [0.29, 0.717) is 12.8 Å². The van der Waals surface area contributed by atoms with E-state index in [2.05, 4.69) is 20.8 Å². The predicted molar refractivity (Wildman–Crippen MR) is 94.1 cm³/mol. The lowest BCUT2D eigenvalue weighted by Gasteiger charge is -2.47. The standard InChI is InChI=1S/C19H32O7/c1-10-7-12(8-19(3,4)13(10)6-5-11(2)21)25-18-17(24)16(23)15(22)14(9-20)26-18/h5-6,10,12-18,20,22-24H,7-9H2,1-4H3/b6-5+/t10?,12?,13?,14-,15-,16+,17-,18-/m1/s1. The Bertz CT molecular complexity index is 516. The number of ether oxygens (including phenoxy) is 2. The van der Waals surface area contributed by atoms with Gasteiger partial charge in [0.1, 0.15) is 24.4 Å². The fraction of sp³-hybridized carbons (Fsp3) is 0.842. The van der Waals surface area contributed by atoms with Gasteiger partial charge in [-0.3, -0.25) is 4.79 Å². The van der Waals surface area contributed by atoms with Gasteiger partial charge in [0.15, 0.2) is 12.1 Å². The predicted octanol–water partition coefficient (Wildman–Crippen LogP) is 0.389. The van der Waals surface area contributed by atoms with E-state index in [-0.39, 0.29) is 29.1 Å². The van der Waals surface area contributed by atoms with Gasteiger partial charge in [0.05, 0.1) is 12.7 Å². The molecular weight excluding hydrogens is 340 g/mol. The zero-order chi connectivity index (χ0) is 19.6. The van der Waals surface area contributed by atoms with Crippen molar-refractivity contribution >= 4 is 5.78 Å². The molecule has 1 saturated heterocycles. The Labute approximate surface area is 154 Å². The molecule has 0 aromatic heterocycles. The molecule has 2 rings (SSSR count). The maximum absolute atomic E-state index is 11.3. The van der Waals surface area contributed by atoms with Crippen LogP contribution in [0.25, 0.3) is 0 Å². The molecule has 0 radical (unpaired) electrons. The molecule has 1 aliphatic heterocycles. The zero-order valence-electron chi connectivity index (χ0n) is 15.9. The van der Waals surface area contributed by atoms with E-state index in [1.165, 1.54) is 6.92 Å². The Kier molecular flexibility index (Phi) is 6.98. The third-order valence-electron chi connectivity index (χ3n) is 5.62. The van der Waals surface area contributed by atoms with Gasteiger partial charge in [0.2, 0.25) is 0 Å². The molecule has 7 heteroatoms. The Morgan fingerprint density at radius 1 is 1.23 bits per heavy atom. The van der Waals surface area contributed by atoms with Crippen LogP contribution in [0.5, 0.6) is 0 Å². The molecule has 7 nitrogen and oxygen atoms in total. The smallest absolute Gasteiger partial charge is 0.186 e. The summed E-state index contributed by atoms with van der Waals surface area (Å²) in [7, 11) is 0. The average molecular weight is 372 g/mol. The summed E-state index contributed by atoms with van der Waals surface area (Å²) in [4.78, 5) is 11.3. The Morgan fingerprint density at radius 3 is 2.42 bits per heavy atom. The van der Waals surface area contributed by atoms with Crippen LogP contribution in [0.2, 0.25) is 0 Å². The summed E-state index contributed by atoms with van der Waals surface area (Å²) in [5.41, 5.74) is -0.123. The molecule has 3 unspecified atom stereocenters. The largest absolute Gasteiger partial charge is 0.394 e. The zero-order valence-corrected chi connectivity index (χ0v) is 15.9. The van der Waals surface area contributed by atoms with Gasteiger partial charge in [-0.1, -0.05) is 26.8 Å². The van der Waals surface area contributed by atoms with Crippen molar-refractivity contribution in [3.63, 3.8) is 0 Å². The second kappa shape index (κ2) is 8.46. The Hall–Kier alpha value is -0.830. The lowest BCUT2D eigenvalue weighted by molar-refractivity contribution is -0.316. The highest BCUT2D eigenvalue weighted by molar-refractivity contribution is 5.87. The van der Waals surface area contributed by atoms with E-state index in [9.17, 15) is 25.2 Å². The molecular formula is C19H32O7. The molecule has 0 aromatic carbocycles. The summed E-state index contributed by atoms with van der Waals surface area (Å²) in [6.07, 6.45) is -1.51. The third-order valence-corrected chi connectivity index (χ3v) is 5.62. The van der Waals surface area contributed by atoms with Gasteiger partial charge in [-0.05, 0) is 43.1 Å². The molecule has 0 aromatic rings. The van der Waals surface area contributed by atoms with Crippen molar-refractivity contribution in [2.75, 3.05) is 6.61 Å². The van der Waals surface area contributed by atoms with E-state index in [1.807, 2.05) is 6.08 Å². The van der Waals surface area contributed by atoms with Crippen molar-refractivity contribution in [1.82, 2.24) is 0 Å². The normalized spacial score (nSPS) is 43.5. The molecule has 8 atom stereocenters. The lowest BCUT2D eigenvalue weighted by Crippen LogP contribution is -2.60. The topological polar surface area (TPSA) is 116 Å². The van der Waals surface area contributed by atoms with Crippen LogP contribution in [0.4, 0.5) is 0 Å². The van der Waals surface area contributed by atoms with Crippen molar-refractivity contribution in [2.45, 2.75) is 77.3 Å². The molecule has 0 amide bonds. The van der Waals surface area contributed by atoms with Gasteiger partial charge in [-0.15, -0.1) is 0 Å². The number of rotatable bonds is 5. The SMILES string of the molecule is CC(=O)/C=C/C1C(C)CC(O[C@@H]2O[C@H](CO)[C@@H](O)[C@H](O)[C@H]2O)CC1(C)C. The van der Waals surface area contributed by atoms with Crippen LogP contribution in [0.3, 0.4) is 0 Å². The minimum atomic E-state index is -1.44. The molecule has 2 fully saturated rings. The maximum Gasteiger partial charge on any atom is 0.186 e. The fourth-order valence-corrected chi connectivity index (χ4v) is 4.30. The molecule has 0 spiro atoms. The average Bonchev–Trinajstić information content (AvgIpc) is 2.53. The van der Waals surface area contributed by atoms with Crippen LogP contribution in [0.15, 0.2) is 12.2 Å². The van der Waals surface area contributed by atoms with Gasteiger partial charge < -0.3 is 29.9 Å². The molecule has 1 aliphatic carbocycles. The van der Waals surface area contributed by atoms with Gasteiger partial charge in [-0.25, -0.2) is 0 Å². The second-order valence-corrected chi connectivity index (χ2v) is 8.36. The van der Waals surface area contributed by atoms with Crippen molar-refractivity contribution in [3.05, 3.63) is 12.2 Å². The fourth-order valence-electron chi connectivity index (χ4n) is 4.30. The number of ketones is 1. The van der Waals surface area contributed by atoms with E-state index in [1.54, 1.807) is 6.08 Å². The van der Waals surface area contributed by atoms with Gasteiger partial charge >= 0.3 is 0 Å². The van der Waals surface area contributed by atoms with E-state index in [4.69, 9.17) is 9.47 Å². The molecule has 1 saturated carbocycles. The molecule has 150 valence electrons. The summed E-state index contributed by atoms with van der Waals surface area (Å²) < 4.78 is 11.4. The van der Waals surface area contributed by atoms with Crippen molar-refractivity contribution in [1.29, 1.82) is 0 Å². The van der Waals surface area contributed by atoms with E-state index >= 15 is 0 Å².